The summed E-state index contributed by atoms with van der Waals surface area (Å²) in [6.45, 7) is 4.02. The first-order valence-corrected chi connectivity index (χ1v) is 9.30. The molecule has 0 atom stereocenters. The minimum atomic E-state index is -0.342. The third-order valence-electron chi connectivity index (χ3n) is 3.28. The number of anilines is 2. The first kappa shape index (κ1) is 18.2. The molecule has 0 aliphatic rings. The standard InChI is InChI=1S/C16H17IN2O2S2/c1-4-12-9(2)23-14(13(12)15(20)21-3)19-16(22)18-11-7-5-10(17)6-8-11/h5-8H,4H2,1-3H3,(H2,18,19,22). The van der Waals surface area contributed by atoms with Crippen LogP contribution in [0.25, 0.3) is 0 Å². The molecule has 0 saturated carbocycles. The molecule has 0 aliphatic heterocycles. The van der Waals surface area contributed by atoms with Crippen molar-refractivity contribution in [3.63, 3.8) is 0 Å². The molecule has 7 heteroatoms. The van der Waals surface area contributed by atoms with E-state index in [4.69, 9.17) is 17.0 Å². The smallest absolute Gasteiger partial charge is 0.341 e. The van der Waals surface area contributed by atoms with Crippen LogP contribution in [0.1, 0.15) is 27.7 Å². The predicted molar refractivity (Wildman–Crippen MR) is 109 cm³/mol. The quantitative estimate of drug-likeness (QED) is 0.389. The average molecular weight is 460 g/mol. The molecule has 0 fully saturated rings. The molecule has 0 unspecified atom stereocenters. The molecule has 1 heterocycles. The fraction of sp³-hybridized carbons (Fsp3) is 0.250. The van der Waals surface area contributed by atoms with Crippen molar-refractivity contribution in [3.8, 4) is 0 Å². The maximum absolute atomic E-state index is 12.1. The van der Waals surface area contributed by atoms with Gasteiger partial charge in [-0.2, -0.15) is 0 Å². The van der Waals surface area contributed by atoms with E-state index in [-0.39, 0.29) is 5.97 Å². The fourth-order valence-corrected chi connectivity index (χ4v) is 3.99. The lowest BCUT2D eigenvalue weighted by molar-refractivity contribution is 0.0601. The second kappa shape index (κ2) is 8.07. The minimum absolute atomic E-state index is 0.342. The molecule has 0 radical (unpaired) electrons. The van der Waals surface area contributed by atoms with Gasteiger partial charge in [0.05, 0.1) is 12.7 Å². The molecule has 0 bridgehead atoms. The van der Waals surface area contributed by atoms with Gasteiger partial charge in [-0.1, -0.05) is 6.92 Å². The van der Waals surface area contributed by atoms with Crippen molar-refractivity contribution in [1.82, 2.24) is 0 Å². The zero-order valence-electron chi connectivity index (χ0n) is 13.0. The van der Waals surface area contributed by atoms with Crippen LogP contribution in [0.3, 0.4) is 0 Å². The number of aryl methyl sites for hydroxylation is 1. The Balaban J connectivity index is 2.20. The lowest BCUT2D eigenvalue weighted by Gasteiger charge is -2.11. The molecular formula is C16H17IN2O2S2. The van der Waals surface area contributed by atoms with E-state index in [0.29, 0.717) is 15.7 Å². The number of ether oxygens (including phenoxy) is 1. The third-order valence-corrected chi connectivity index (χ3v) is 5.27. The van der Waals surface area contributed by atoms with Gasteiger partial charge in [0.2, 0.25) is 0 Å². The molecule has 0 saturated heterocycles. The van der Waals surface area contributed by atoms with Crippen LogP contribution in [-0.2, 0) is 11.2 Å². The van der Waals surface area contributed by atoms with Gasteiger partial charge >= 0.3 is 5.97 Å². The number of hydrogen-bond acceptors (Lipinski definition) is 4. The Morgan fingerprint density at radius 2 is 1.96 bits per heavy atom. The number of halogens is 1. The Labute approximate surface area is 158 Å². The molecule has 1 aromatic heterocycles. The van der Waals surface area contributed by atoms with Crippen LogP contribution in [-0.4, -0.2) is 18.2 Å². The van der Waals surface area contributed by atoms with Gasteiger partial charge < -0.3 is 15.4 Å². The van der Waals surface area contributed by atoms with Crippen LogP contribution in [0.4, 0.5) is 10.7 Å². The van der Waals surface area contributed by atoms with E-state index in [2.05, 4.69) is 33.2 Å². The largest absolute Gasteiger partial charge is 0.465 e. The number of thiocarbonyl (C=S) groups is 1. The second-order valence-electron chi connectivity index (χ2n) is 4.77. The van der Waals surface area contributed by atoms with Crippen LogP contribution in [0.15, 0.2) is 24.3 Å². The van der Waals surface area contributed by atoms with E-state index in [9.17, 15) is 4.79 Å². The van der Waals surface area contributed by atoms with Gasteiger partial charge in [0, 0.05) is 14.1 Å². The van der Waals surface area contributed by atoms with Crippen molar-refractivity contribution in [1.29, 1.82) is 0 Å². The van der Waals surface area contributed by atoms with Crippen molar-refractivity contribution in [2.75, 3.05) is 17.7 Å². The summed E-state index contributed by atoms with van der Waals surface area (Å²) in [5, 5.41) is 7.40. The molecular weight excluding hydrogens is 443 g/mol. The predicted octanol–water partition coefficient (Wildman–Crippen LogP) is 4.82. The number of methoxy groups -OCH3 is 1. The maximum atomic E-state index is 12.1. The molecule has 122 valence electrons. The molecule has 2 aromatic rings. The van der Waals surface area contributed by atoms with Gasteiger partial charge in [0.25, 0.3) is 0 Å². The number of nitrogens with one attached hydrogen (secondary N) is 2. The van der Waals surface area contributed by atoms with Crippen LogP contribution < -0.4 is 10.6 Å². The average Bonchev–Trinajstić information content (AvgIpc) is 2.83. The van der Waals surface area contributed by atoms with E-state index in [0.717, 1.165) is 26.1 Å². The van der Waals surface area contributed by atoms with Crippen molar-refractivity contribution < 1.29 is 9.53 Å². The summed E-state index contributed by atoms with van der Waals surface area (Å²) in [5.74, 6) is -0.342. The third kappa shape index (κ3) is 4.42. The SMILES string of the molecule is CCc1c(C)sc(NC(=S)Nc2ccc(I)cc2)c1C(=O)OC. The van der Waals surface area contributed by atoms with Gasteiger partial charge in [0.1, 0.15) is 5.00 Å². The van der Waals surface area contributed by atoms with Crippen molar-refractivity contribution in [2.45, 2.75) is 20.3 Å². The van der Waals surface area contributed by atoms with E-state index < -0.39 is 0 Å². The highest BCUT2D eigenvalue weighted by Gasteiger charge is 2.22. The van der Waals surface area contributed by atoms with Crippen molar-refractivity contribution in [2.24, 2.45) is 0 Å². The topological polar surface area (TPSA) is 50.4 Å². The van der Waals surface area contributed by atoms with E-state index in [1.165, 1.54) is 18.4 Å². The molecule has 0 spiro atoms. The zero-order chi connectivity index (χ0) is 17.0. The number of benzene rings is 1. The summed E-state index contributed by atoms with van der Waals surface area (Å²) in [6, 6.07) is 7.90. The van der Waals surface area contributed by atoms with Crippen LogP contribution in [0, 0.1) is 10.5 Å². The van der Waals surface area contributed by atoms with Crippen molar-refractivity contribution >= 4 is 67.9 Å². The molecule has 2 N–H and O–H groups in total. The monoisotopic (exact) mass is 460 g/mol. The van der Waals surface area contributed by atoms with Gasteiger partial charge in [-0.3, -0.25) is 0 Å². The van der Waals surface area contributed by atoms with E-state index in [1.807, 2.05) is 38.1 Å². The van der Waals surface area contributed by atoms with Crippen LogP contribution in [0.2, 0.25) is 0 Å². The molecule has 1 aromatic carbocycles. The first-order chi connectivity index (χ1) is 11.0. The highest BCUT2D eigenvalue weighted by molar-refractivity contribution is 14.1. The molecule has 23 heavy (non-hydrogen) atoms. The highest BCUT2D eigenvalue weighted by atomic mass is 127. The molecule has 2 rings (SSSR count). The van der Waals surface area contributed by atoms with Crippen LogP contribution in [0.5, 0.6) is 0 Å². The van der Waals surface area contributed by atoms with E-state index >= 15 is 0 Å². The Kier molecular flexibility index (Phi) is 6.37. The number of rotatable bonds is 4. The normalized spacial score (nSPS) is 10.3. The molecule has 4 nitrogen and oxygen atoms in total. The Morgan fingerprint density at radius 1 is 1.30 bits per heavy atom. The number of hydrogen-bond donors (Lipinski definition) is 2. The first-order valence-electron chi connectivity index (χ1n) is 7.00. The maximum Gasteiger partial charge on any atom is 0.341 e. The van der Waals surface area contributed by atoms with Crippen LogP contribution >= 0.6 is 46.1 Å². The van der Waals surface area contributed by atoms with Gasteiger partial charge in [0.15, 0.2) is 5.11 Å². The highest BCUT2D eigenvalue weighted by Crippen LogP contribution is 2.34. The Bertz CT molecular complexity index is 726. The number of carbonyl (C=O) groups excluding carboxylic acids is 1. The van der Waals surface area contributed by atoms with Gasteiger partial charge in [-0.25, -0.2) is 4.79 Å². The van der Waals surface area contributed by atoms with Gasteiger partial charge in [-0.15, -0.1) is 11.3 Å². The van der Waals surface area contributed by atoms with Crippen molar-refractivity contribution in [3.05, 3.63) is 43.8 Å². The zero-order valence-corrected chi connectivity index (χ0v) is 16.8. The summed E-state index contributed by atoms with van der Waals surface area (Å²) in [5.41, 5.74) is 2.47. The van der Waals surface area contributed by atoms with E-state index in [1.54, 1.807) is 0 Å². The summed E-state index contributed by atoms with van der Waals surface area (Å²) < 4.78 is 6.06. The molecule has 0 amide bonds. The summed E-state index contributed by atoms with van der Waals surface area (Å²) in [4.78, 5) is 13.2. The number of carbonyl (C=O) groups is 1. The fourth-order valence-electron chi connectivity index (χ4n) is 2.21. The molecule has 0 aliphatic carbocycles. The number of esters is 1. The Hall–Kier alpha value is -1.19. The summed E-state index contributed by atoms with van der Waals surface area (Å²) >= 11 is 9.11. The lowest BCUT2D eigenvalue weighted by Crippen LogP contribution is -2.20. The summed E-state index contributed by atoms with van der Waals surface area (Å²) in [6.07, 6.45) is 0.770. The lowest BCUT2D eigenvalue weighted by atomic mass is 10.1. The van der Waals surface area contributed by atoms with Gasteiger partial charge in [-0.05, 0) is 78.0 Å². The minimum Gasteiger partial charge on any atom is -0.465 e. The Morgan fingerprint density at radius 3 is 2.52 bits per heavy atom. The second-order valence-corrected chi connectivity index (χ2v) is 7.65. The number of thiophene rings is 1. The summed E-state index contributed by atoms with van der Waals surface area (Å²) in [7, 11) is 1.39.